The minimum Gasteiger partial charge on any atom is -0.485 e. The minimum absolute atomic E-state index is 0.146. The molecule has 1 saturated heterocycles. The molecule has 0 radical (unpaired) electrons. The molecule has 1 fully saturated rings. The van der Waals surface area contributed by atoms with Crippen molar-refractivity contribution in [2.75, 3.05) is 36.8 Å². The minimum atomic E-state index is 0.146. The van der Waals surface area contributed by atoms with Gasteiger partial charge in [-0.15, -0.1) is 10.2 Å². The van der Waals surface area contributed by atoms with Crippen LogP contribution >= 0.6 is 11.8 Å². The van der Waals surface area contributed by atoms with Crippen molar-refractivity contribution in [1.82, 2.24) is 19.7 Å². The van der Waals surface area contributed by atoms with Crippen LogP contribution in [0.1, 0.15) is 43.6 Å². The molecule has 1 aromatic heterocycles. The Morgan fingerprint density at radius 2 is 1.80 bits per heavy atom. The van der Waals surface area contributed by atoms with Crippen LogP contribution in [0.25, 0.3) is 0 Å². The number of benzene rings is 2. The van der Waals surface area contributed by atoms with Crippen LogP contribution in [0, 0.1) is 6.92 Å². The van der Waals surface area contributed by atoms with E-state index in [1.807, 2.05) is 15.5 Å². The fourth-order valence-electron chi connectivity index (χ4n) is 4.31. The maximum Gasteiger partial charge on any atom is 0.233 e. The summed E-state index contributed by atoms with van der Waals surface area (Å²) in [4.78, 5) is 17.2. The first-order valence-electron chi connectivity index (χ1n) is 12.3. The molecule has 3 aromatic rings. The molecule has 4 rings (SSSR count). The summed E-state index contributed by atoms with van der Waals surface area (Å²) >= 11 is 1.45. The predicted molar refractivity (Wildman–Crippen MR) is 141 cm³/mol. The lowest BCUT2D eigenvalue weighted by Crippen LogP contribution is -2.49. The molecule has 8 heteroatoms. The van der Waals surface area contributed by atoms with Crippen molar-refractivity contribution in [2.45, 2.75) is 51.9 Å². The van der Waals surface area contributed by atoms with Crippen molar-refractivity contribution < 1.29 is 9.53 Å². The Bertz CT molecular complexity index is 1120. The molecule has 7 nitrogen and oxygen atoms in total. The average Bonchev–Trinajstić information content (AvgIpc) is 3.28. The molecule has 2 heterocycles. The molecule has 1 amide bonds. The third-order valence-corrected chi connectivity index (χ3v) is 7.29. The smallest absolute Gasteiger partial charge is 0.233 e. The zero-order valence-electron chi connectivity index (χ0n) is 21.1. The van der Waals surface area contributed by atoms with E-state index in [1.54, 1.807) is 0 Å². The fraction of sp³-hybridized carbons (Fsp3) is 0.444. The summed E-state index contributed by atoms with van der Waals surface area (Å²) in [5, 5.41) is 9.49. The van der Waals surface area contributed by atoms with Gasteiger partial charge in [0.25, 0.3) is 0 Å². The first kappa shape index (κ1) is 25.1. The van der Waals surface area contributed by atoms with Crippen LogP contribution in [-0.4, -0.2) is 57.5 Å². The van der Waals surface area contributed by atoms with Gasteiger partial charge in [-0.2, -0.15) is 0 Å². The van der Waals surface area contributed by atoms with E-state index in [9.17, 15) is 4.79 Å². The number of thioether (sulfide) groups is 1. The summed E-state index contributed by atoms with van der Waals surface area (Å²) in [7, 11) is 0. The van der Waals surface area contributed by atoms with Gasteiger partial charge in [0, 0.05) is 38.4 Å². The van der Waals surface area contributed by atoms with E-state index in [0.717, 1.165) is 49.5 Å². The second-order valence-electron chi connectivity index (χ2n) is 9.12. The van der Waals surface area contributed by atoms with Gasteiger partial charge in [-0.1, -0.05) is 55.9 Å². The van der Waals surface area contributed by atoms with Crippen LogP contribution in [-0.2, 0) is 17.9 Å². The standard InChI is InChI=1S/C27H35N5O2S/c1-5-32-25(18-34-24-17-21(4)11-12-23(24)20(2)3)28-29-27(32)35-19-26(33)31-15-13-30(14-16-31)22-9-7-6-8-10-22/h6-12,17,20H,5,13-16,18-19H2,1-4H3. The summed E-state index contributed by atoms with van der Waals surface area (Å²) in [5.74, 6) is 2.55. The van der Waals surface area contributed by atoms with Crippen LogP contribution in [0.5, 0.6) is 5.75 Å². The number of carbonyl (C=O) groups is 1. The molecule has 1 aliphatic rings. The quantitative estimate of drug-likeness (QED) is 0.401. The van der Waals surface area contributed by atoms with Gasteiger partial charge in [-0.25, -0.2) is 0 Å². The summed E-state index contributed by atoms with van der Waals surface area (Å²) < 4.78 is 8.21. The van der Waals surface area contributed by atoms with Crippen LogP contribution in [0.4, 0.5) is 5.69 Å². The molecule has 2 aromatic carbocycles. The number of piperazine rings is 1. The SMILES string of the molecule is CCn1c(COc2cc(C)ccc2C(C)C)nnc1SCC(=O)N1CCN(c2ccccc2)CC1. The highest BCUT2D eigenvalue weighted by atomic mass is 32.2. The molecule has 0 N–H and O–H groups in total. The monoisotopic (exact) mass is 493 g/mol. The molecular weight excluding hydrogens is 458 g/mol. The molecule has 0 aliphatic carbocycles. The number of hydrogen-bond donors (Lipinski definition) is 0. The van der Waals surface area contributed by atoms with E-state index in [0.29, 0.717) is 18.3 Å². The van der Waals surface area contributed by atoms with E-state index < -0.39 is 0 Å². The zero-order valence-corrected chi connectivity index (χ0v) is 21.9. The number of ether oxygens (including phenoxy) is 1. The Morgan fingerprint density at radius 1 is 1.06 bits per heavy atom. The molecule has 35 heavy (non-hydrogen) atoms. The van der Waals surface area contributed by atoms with Gasteiger partial charge in [-0.3, -0.25) is 4.79 Å². The van der Waals surface area contributed by atoms with Crippen molar-refractivity contribution in [3.05, 3.63) is 65.5 Å². The number of aromatic nitrogens is 3. The highest BCUT2D eigenvalue weighted by Crippen LogP contribution is 2.28. The Kier molecular flexibility index (Phi) is 8.33. The van der Waals surface area contributed by atoms with E-state index in [1.165, 1.54) is 28.6 Å². The van der Waals surface area contributed by atoms with Crippen LogP contribution < -0.4 is 9.64 Å². The van der Waals surface area contributed by atoms with Crippen LogP contribution in [0.15, 0.2) is 53.7 Å². The van der Waals surface area contributed by atoms with E-state index in [-0.39, 0.29) is 5.91 Å². The third-order valence-electron chi connectivity index (χ3n) is 6.34. The largest absolute Gasteiger partial charge is 0.485 e. The molecule has 1 aliphatic heterocycles. The maximum atomic E-state index is 12.9. The second-order valence-corrected chi connectivity index (χ2v) is 10.1. The van der Waals surface area contributed by atoms with Gasteiger partial charge < -0.3 is 19.1 Å². The number of rotatable bonds is 9. The highest BCUT2D eigenvalue weighted by Gasteiger charge is 2.22. The van der Waals surface area contributed by atoms with Crippen molar-refractivity contribution in [3.8, 4) is 5.75 Å². The Hall–Kier alpha value is -3.00. The molecule has 0 bridgehead atoms. The fourth-order valence-corrected chi connectivity index (χ4v) is 5.23. The normalized spacial score (nSPS) is 14.0. The van der Waals surface area contributed by atoms with Crippen LogP contribution in [0.2, 0.25) is 0 Å². The lowest BCUT2D eigenvalue weighted by Gasteiger charge is -2.36. The summed E-state index contributed by atoms with van der Waals surface area (Å²) in [6, 6.07) is 16.7. The molecule has 0 saturated carbocycles. The number of hydrogen-bond acceptors (Lipinski definition) is 6. The van der Waals surface area contributed by atoms with Gasteiger partial charge in [-0.05, 0) is 49.1 Å². The molecular formula is C27H35N5O2S. The maximum absolute atomic E-state index is 12.9. The van der Waals surface area contributed by atoms with Gasteiger partial charge in [0.15, 0.2) is 11.0 Å². The highest BCUT2D eigenvalue weighted by molar-refractivity contribution is 7.99. The number of para-hydroxylation sites is 1. The number of carbonyl (C=O) groups excluding carboxylic acids is 1. The average molecular weight is 494 g/mol. The van der Waals surface area contributed by atoms with Crippen molar-refractivity contribution in [2.24, 2.45) is 0 Å². The Morgan fingerprint density at radius 3 is 2.49 bits per heavy atom. The Labute approximate surface area is 212 Å². The second kappa shape index (κ2) is 11.6. The molecule has 186 valence electrons. The number of anilines is 1. The lowest BCUT2D eigenvalue weighted by molar-refractivity contribution is -0.128. The van der Waals surface area contributed by atoms with Crippen molar-refractivity contribution >= 4 is 23.4 Å². The van der Waals surface area contributed by atoms with E-state index in [4.69, 9.17) is 4.74 Å². The van der Waals surface area contributed by atoms with E-state index in [2.05, 4.69) is 85.3 Å². The lowest BCUT2D eigenvalue weighted by atomic mass is 10.0. The van der Waals surface area contributed by atoms with Gasteiger partial charge in [0.1, 0.15) is 12.4 Å². The van der Waals surface area contributed by atoms with Gasteiger partial charge >= 0.3 is 0 Å². The number of amides is 1. The molecule has 0 spiro atoms. The van der Waals surface area contributed by atoms with Gasteiger partial charge in [0.2, 0.25) is 5.91 Å². The summed E-state index contributed by atoms with van der Waals surface area (Å²) in [6.45, 7) is 12.7. The van der Waals surface area contributed by atoms with Gasteiger partial charge in [0.05, 0.1) is 5.75 Å². The van der Waals surface area contributed by atoms with Crippen molar-refractivity contribution in [3.63, 3.8) is 0 Å². The number of aryl methyl sites for hydroxylation is 1. The zero-order chi connectivity index (χ0) is 24.8. The first-order valence-corrected chi connectivity index (χ1v) is 13.3. The molecule has 0 atom stereocenters. The first-order chi connectivity index (χ1) is 17.0. The summed E-state index contributed by atoms with van der Waals surface area (Å²) in [6.07, 6.45) is 0. The predicted octanol–water partition coefficient (Wildman–Crippen LogP) is 4.75. The van der Waals surface area contributed by atoms with Crippen molar-refractivity contribution in [1.29, 1.82) is 0 Å². The Balaban J connectivity index is 1.32. The topological polar surface area (TPSA) is 63.5 Å². The summed E-state index contributed by atoms with van der Waals surface area (Å²) in [5.41, 5.74) is 3.57. The van der Waals surface area contributed by atoms with E-state index >= 15 is 0 Å². The molecule has 0 unspecified atom stereocenters. The number of nitrogens with zero attached hydrogens (tertiary/aromatic N) is 5. The van der Waals surface area contributed by atoms with Crippen LogP contribution in [0.3, 0.4) is 0 Å². The third kappa shape index (κ3) is 6.17.